The van der Waals surface area contributed by atoms with E-state index in [0.29, 0.717) is 22.2 Å². The van der Waals surface area contributed by atoms with Crippen LogP contribution in [0.25, 0.3) is 22.1 Å². The van der Waals surface area contributed by atoms with Crippen molar-refractivity contribution in [2.24, 2.45) is 0 Å². The second-order valence-electron chi connectivity index (χ2n) is 5.64. The van der Waals surface area contributed by atoms with E-state index in [4.69, 9.17) is 4.74 Å². The maximum Gasteiger partial charge on any atom is 0.149 e. The van der Waals surface area contributed by atoms with Crippen molar-refractivity contribution in [2.75, 3.05) is 7.11 Å². The molecule has 3 aromatic rings. The highest BCUT2D eigenvalue weighted by Gasteiger charge is 2.33. The highest BCUT2D eigenvalue weighted by atomic mass is 16.5. The first kappa shape index (κ1) is 13.9. The number of para-hydroxylation sites is 2. The molecule has 23 heavy (non-hydrogen) atoms. The SMILES string of the molecule is COC1CC(=O)Cc2c1c(O)c1nc3ccccc3nc1c2O. The third-order valence-electron chi connectivity index (χ3n) is 4.28. The van der Waals surface area contributed by atoms with Crippen molar-refractivity contribution in [3.05, 3.63) is 35.4 Å². The number of rotatable bonds is 1. The molecule has 1 aliphatic rings. The van der Waals surface area contributed by atoms with E-state index in [1.165, 1.54) is 7.11 Å². The molecule has 0 saturated carbocycles. The predicted octanol–water partition coefficient (Wildman–Crippen LogP) is 2.40. The smallest absolute Gasteiger partial charge is 0.149 e. The van der Waals surface area contributed by atoms with Crippen molar-refractivity contribution in [2.45, 2.75) is 18.9 Å². The molecule has 6 heteroatoms. The molecule has 0 fully saturated rings. The molecule has 4 rings (SSSR count). The van der Waals surface area contributed by atoms with Crippen LogP contribution in [0.1, 0.15) is 23.7 Å². The fourth-order valence-electron chi connectivity index (χ4n) is 3.18. The number of carbonyl (C=O) groups excluding carboxylic acids is 1. The molecule has 6 nitrogen and oxygen atoms in total. The second-order valence-corrected chi connectivity index (χ2v) is 5.64. The zero-order valence-corrected chi connectivity index (χ0v) is 12.4. The van der Waals surface area contributed by atoms with Gasteiger partial charge in [0.1, 0.15) is 28.3 Å². The normalized spacial score (nSPS) is 17.6. The molecule has 1 aromatic heterocycles. The van der Waals surface area contributed by atoms with Crippen molar-refractivity contribution >= 4 is 27.9 Å². The van der Waals surface area contributed by atoms with Gasteiger partial charge in [0.15, 0.2) is 0 Å². The minimum Gasteiger partial charge on any atom is -0.505 e. The van der Waals surface area contributed by atoms with E-state index in [-0.39, 0.29) is 41.2 Å². The highest BCUT2D eigenvalue weighted by Crippen LogP contribution is 2.45. The summed E-state index contributed by atoms with van der Waals surface area (Å²) in [5, 5.41) is 21.3. The average Bonchev–Trinajstić information content (AvgIpc) is 2.57. The quantitative estimate of drug-likeness (QED) is 0.529. The number of aromatic hydroxyl groups is 2. The summed E-state index contributed by atoms with van der Waals surface area (Å²) < 4.78 is 5.32. The topological polar surface area (TPSA) is 92.5 Å². The Balaban J connectivity index is 2.14. The molecule has 1 atom stereocenters. The number of aromatic nitrogens is 2. The summed E-state index contributed by atoms with van der Waals surface area (Å²) in [7, 11) is 1.47. The van der Waals surface area contributed by atoms with E-state index in [2.05, 4.69) is 9.97 Å². The van der Waals surface area contributed by atoms with Crippen molar-refractivity contribution in [3.8, 4) is 11.5 Å². The Morgan fingerprint density at radius 3 is 2.30 bits per heavy atom. The van der Waals surface area contributed by atoms with E-state index in [0.717, 1.165) is 0 Å². The standard InChI is InChI=1S/C17H14N2O4/c1-23-12-7-8(20)6-9-13(12)17(22)15-14(16(9)21)18-10-4-2-3-5-11(10)19-15/h2-5,12,21-22H,6-7H2,1H3. The lowest BCUT2D eigenvalue weighted by Gasteiger charge is -2.25. The van der Waals surface area contributed by atoms with E-state index in [1.54, 1.807) is 12.1 Å². The van der Waals surface area contributed by atoms with E-state index in [1.807, 2.05) is 12.1 Å². The molecule has 1 aliphatic carbocycles. The number of fused-ring (bicyclic) bond motifs is 3. The van der Waals surface area contributed by atoms with Crippen LogP contribution in [-0.4, -0.2) is 33.1 Å². The molecule has 0 amide bonds. The van der Waals surface area contributed by atoms with Gasteiger partial charge in [-0.2, -0.15) is 0 Å². The molecule has 116 valence electrons. The predicted molar refractivity (Wildman–Crippen MR) is 83.5 cm³/mol. The molecule has 0 bridgehead atoms. The first-order chi connectivity index (χ1) is 11.1. The van der Waals surface area contributed by atoms with E-state index in [9.17, 15) is 15.0 Å². The Hall–Kier alpha value is -2.73. The third-order valence-corrected chi connectivity index (χ3v) is 4.28. The fourth-order valence-corrected chi connectivity index (χ4v) is 3.18. The second kappa shape index (κ2) is 4.89. The first-order valence-corrected chi connectivity index (χ1v) is 7.27. The lowest BCUT2D eigenvalue weighted by molar-refractivity contribution is -0.121. The van der Waals surface area contributed by atoms with Crippen LogP contribution in [0.5, 0.6) is 11.5 Å². The van der Waals surface area contributed by atoms with Crippen LogP contribution >= 0.6 is 0 Å². The number of benzene rings is 2. The monoisotopic (exact) mass is 310 g/mol. The van der Waals surface area contributed by atoms with Crippen LogP contribution in [0.15, 0.2) is 24.3 Å². The van der Waals surface area contributed by atoms with Crippen LogP contribution in [0, 0.1) is 0 Å². The number of nitrogens with zero attached hydrogens (tertiary/aromatic N) is 2. The number of carbonyl (C=O) groups is 1. The Bertz CT molecular complexity index is 968. The Morgan fingerprint density at radius 1 is 1.09 bits per heavy atom. The molecular weight excluding hydrogens is 296 g/mol. The number of phenolic OH excluding ortho intramolecular Hbond substituents is 2. The van der Waals surface area contributed by atoms with Gasteiger partial charge in [0, 0.05) is 31.1 Å². The van der Waals surface area contributed by atoms with Gasteiger partial charge in [0.05, 0.1) is 17.1 Å². The van der Waals surface area contributed by atoms with Crippen LogP contribution in [0.2, 0.25) is 0 Å². The van der Waals surface area contributed by atoms with Gasteiger partial charge < -0.3 is 14.9 Å². The average molecular weight is 310 g/mol. The van der Waals surface area contributed by atoms with Gasteiger partial charge in [-0.05, 0) is 12.1 Å². The molecular formula is C17H14N2O4. The van der Waals surface area contributed by atoms with Crippen molar-refractivity contribution < 1.29 is 19.7 Å². The van der Waals surface area contributed by atoms with Gasteiger partial charge in [0.2, 0.25) is 0 Å². The van der Waals surface area contributed by atoms with Gasteiger partial charge in [0.25, 0.3) is 0 Å². The van der Waals surface area contributed by atoms with Crippen molar-refractivity contribution in [1.82, 2.24) is 9.97 Å². The Labute approximate surface area is 131 Å². The summed E-state index contributed by atoms with van der Waals surface area (Å²) in [6.45, 7) is 0. The maximum atomic E-state index is 11.9. The molecule has 2 N–H and O–H groups in total. The molecule has 0 saturated heterocycles. The Kier molecular flexibility index (Phi) is 2.96. The molecule has 0 radical (unpaired) electrons. The van der Waals surface area contributed by atoms with Gasteiger partial charge >= 0.3 is 0 Å². The summed E-state index contributed by atoms with van der Waals surface area (Å²) >= 11 is 0. The van der Waals surface area contributed by atoms with Crippen LogP contribution in [0.3, 0.4) is 0 Å². The number of phenols is 2. The minimum atomic E-state index is -0.588. The van der Waals surface area contributed by atoms with Crippen LogP contribution in [0.4, 0.5) is 0 Å². The van der Waals surface area contributed by atoms with Gasteiger partial charge in [-0.1, -0.05) is 12.1 Å². The summed E-state index contributed by atoms with van der Waals surface area (Å²) in [6.07, 6.45) is -0.364. The summed E-state index contributed by atoms with van der Waals surface area (Å²) in [4.78, 5) is 20.7. The first-order valence-electron chi connectivity index (χ1n) is 7.27. The van der Waals surface area contributed by atoms with Crippen LogP contribution < -0.4 is 0 Å². The van der Waals surface area contributed by atoms with Crippen molar-refractivity contribution in [1.29, 1.82) is 0 Å². The largest absolute Gasteiger partial charge is 0.505 e. The maximum absolute atomic E-state index is 11.9. The zero-order chi connectivity index (χ0) is 16.1. The number of hydrogen-bond acceptors (Lipinski definition) is 6. The molecule has 1 heterocycles. The number of ketones is 1. The summed E-state index contributed by atoms with van der Waals surface area (Å²) in [5.74, 6) is -0.237. The zero-order valence-electron chi connectivity index (χ0n) is 12.4. The van der Waals surface area contributed by atoms with Gasteiger partial charge in [-0.25, -0.2) is 9.97 Å². The Morgan fingerprint density at radius 2 is 1.70 bits per heavy atom. The number of methoxy groups -OCH3 is 1. The number of ether oxygens (including phenoxy) is 1. The summed E-state index contributed by atoms with van der Waals surface area (Å²) in [6, 6.07) is 7.22. The molecule has 0 spiro atoms. The van der Waals surface area contributed by atoms with Gasteiger partial charge in [-0.3, -0.25) is 4.79 Å². The number of hydrogen-bond donors (Lipinski definition) is 2. The van der Waals surface area contributed by atoms with E-state index < -0.39 is 6.10 Å². The van der Waals surface area contributed by atoms with Gasteiger partial charge in [-0.15, -0.1) is 0 Å². The lowest BCUT2D eigenvalue weighted by atomic mass is 9.86. The minimum absolute atomic E-state index is 0.0489. The number of Topliss-reactive ketones (excluding diaryl/α,β-unsaturated/α-hetero) is 1. The van der Waals surface area contributed by atoms with Crippen molar-refractivity contribution in [3.63, 3.8) is 0 Å². The third kappa shape index (κ3) is 1.95. The van der Waals surface area contributed by atoms with E-state index >= 15 is 0 Å². The highest BCUT2D eigenvalue weighted by molar-refractivity contribution is 5.97. The molecule has 1 unspecified atom stereocenters. The molecule has 2 aromatic carbocycles. The van der Waals surface area contributed by atoms with Crippen LogP contribution in [-0.2, 0) is 16.0 Å². The summed E-state index contributed by atoms with van der Waals surface area (Å²) in [5.41, 5.74) is 2.46. The fraction of sp³-hybridized carbons (Fsp3) is 0.235. The molecule has 0 aliphatic heterocycles. The lowest BCUT2D eigenvalue weighted by Crippen LogP contribution is -2.20.